The lowest BCUT2D eigenvalue weighted by atomic mass is 10.9. The fraction of sp³-hybridized carbons (Fsp3) is 0.500. The maximum Gasteiger partial charge on any atom is 0.895 e. The first kappa shape index (κ1) is 24.2. The van der Waals surface area contributed by atoms with Crippen LogP contribution < -0.4 is 0 Å². The van der Waals surface area contributed by atoms with E-state index in [4.69, 9.17) is 30.7 Å². The van der Waals surface area contributed by atoms with Crippen LogP contribution in [0.15, 0.2) is 0 Å². The quantitative estimate of drug-likeness (QED) is 0.445. The van der Waals surface area contributed by atoms with Gasteiger partial charge in [-0.3, -0.25) is 32.9 Å². The summed E-state index contributed by atoms with van der Waals surface area (Å²) in [6, 6.07) is 0. The van der Waals surface area contributed by atoms with Gasteiger partial charge in [0, 0.05) is 41.5 Å². The van der Waals surface area contributed by atoms with E-state index in [1.54, 1.807) is 0 Å². The summed E-state index contributed by atoms with van der Waals surface area (Å²) in [6.45, 7) is 5.11. The van der Waals surface area contributed by atoms with E-state index in [1.807, 2.05) is 0 Å². The fourth-order valence-corrected chi connectivity index (χ4v) is 6.05. The summed E-state index contributed by atoms with van der Waals surface area (Å²) in [7, 11) is -10.3. The van der Waals surface area contributed by atoms with Crippen LogP contribution in [0, 0.1) is 0 Å². The molecule has 0 rings (SSSR count). The summed E-state index contributed by atoms with van der Waals surface area (Å²) in [5, 5.41) is 0. The second-order valence-corrected chi connectivity index (χ2v) is 8.71. The fourth-order valence-electron chi connectivity index (χ4n) is 1.46. The lowest BCUT2D eigenvalue weighted by Crippen LogP contribution is -2.64. The molecule has 0 fully saturated rings. The Morgan fingerprint density at radius 1 is 0.407 bits per heavy atom. The first-order valence-electron chi connectivity index (χ1n) is 7.08. The van der Waals surface area contributed by atoms with Crippen molar-refractivity contribution in [2.45, 2.75) is 41.5 Å². The van der Waals surface area contributed by atoms with Gasteiger partial charge in [-0.25, -0.2) is 0 Å². The molecule has 0 aromatic carbocycles. The van der Waals surface area contributed by atoms with Crippen LogP contribution in [0.25, 0.3) is 0 Å². The summed E-state index contributed by atoms with van der Waals surface area (Å²) in [5.41, 5.74) is 0. The van der Waals surface area contributed by atoms with Gasteiger partial charge >= 0.3 is 18.1 Å². The smallest absolute Gasteiger partial charge is 0.433 e. The molecule has 0 bridgehead atoms. The molecule has 0 aliphatic heterocycles. The minimum atomic E-state index is -5.14. The maximum atomic E-state index is 11.4. The monoisotopic (exact) mass is 426 g/mol. The number of hydrogen-bond acceptors (Lipinski definition) is 13. The van der Waals surface area contributed by atoms with E-state index < -0.39 is 53.9 Å². The normalized spacial score (nSPS) is 10.9. The summed E-state index contributed by atoms with van der Waals surface area (Å²) in [6.07, 6.45) is 0. The van der Waals surface area contributed by atoms with Crippen molar-refractivity contribution in [3.63, 3.8) is 0 Å². The minimum absolute atomic E-state index is 0.852. The minimum Gasteiger partial charge on any atom is -0.433 e. The highest BCUT2D eigenvalue weighted by molar-refractivity contribution is 6.73. The van der Waals surface area contributed by atoms with E-state index in [9.17, 15) is 28.8 Å². The number of rotatable bonds is 8. The molecule has 0 radical (unpaired) electrons. The third-order valence-corrected chi connectivity index (χ3v) is 7.09. The van der Waals surface area contributed by atoms with Gasteiger partial charge in [-0.2, -0.15) is 0 Å². The first-order chi connectivity index (χ1) is 12.2. The van der Waals surface area contributed by atoms with Gasteiger partial charge in [-0.15, -0.1) is 0 Å². The topological polar surface area (TPSA) is 167 Å². The van der Waals surface area contributed by atoms with E-state index in [2.05, 4.69) is 0 Å². The predicted octanol–water partition coefficient (Wildman–Crippen LogP) is -0.747. The SMILES string of the molecule is CC(=O)O[Si](OC(C)=O)(OC(C)=O)O[Si](OC(C)=O)(OC(C)=O)OC(C)=O. The van der Waals surface area contributed by atoms with Gasteiger partial charge in [0.1, 0.15) is 0 Å². The number of carbonyl (C=O) groups is 6. The van der Waals surface area contributed by atoms with E-state index >= 15 is 0 Å². The molecular weight excluding hydrogens is 408 g/mol. The zero-order chi connectivity index (χ0) is 21.4. The molecule has 152 valence electrons. The van der Waals surface area contributed by atoms with Crippen LogP contribution in [0.2, 0.25) is 0 Å². The average molecular weight is 426 g/mol. The molecular formula is C12H18O13Si2. The second-order valence-electron chi connectivity index (χ2n) is 4.66. The first-order valence-corrected chi connectivity index (χ1v) is 10.3. The zero-order valence-corrected chi connectivity index (χ0v) is 17.3. The van der Waals surface area contributed by atoms with Crippen molar-refractivity contribution in [2.24, 2.45) is 0 Å². The summed E-state index contributed by atoms with van der Waals surface area (Å²) in [4.78, 5) is 68.5. The molecule has 0 saturated carbocycles. The third kappa shape index (κ3) is 9.47. The molecule has 13 nitrogen and oxygen atoms in total. The Balaban J connectivity index is 6.38. The Morgan fingerprint density at radius 2 is 0.556 bits per heavy atom. The molecule has 0 aliphatic carbocycles. The highest BCUT2D eigenvalue weighted by Gasteiger charge is 2.72. The van der Waals surface area contributed by atoms with E-state index in [0.717, 1.165) is 41.5 Å². The van der Waals surface area contributed by atoms with Crippen molar-refractivity contribution in [1.82, 2.24) is 0 Å². The van der Waals surface area contributed by atoms with Crippen LogP contribution in [0.1, 0.15) is 41.5 Å². The number of carbonyl (C=O) groups excluding carboxylic acids is 6. The van der Waals surface area contributed by atoms with E-state index in [1.165, 1.54) is 0 Å². The van der Waals surface area contributed by atoms with E-state index in [-0.39, 0.29) is 0 Å². The molecule has 0 saturated heterocycles. The summed E-state index contributed by atoms with van der Waals surface area (Å²) >= 11 is 0. The van der Waals surface area contributed by atoms with Crippen molar-refractivity contribution >= 4 is 53.9 Å². The van der Waals surface area contributed by atoms with Crippen molar-refractivity contribution in [1.29, 1.82) is 0 Å². The van der Waals surface area contributed by atoms with Gasteiger partial charge in [0.2, 0.25) is 0 Å². The Morgan fingerprint density at radius 3 is 0.667 bits per heavy atom. The van der Waals surface area contributed by atoms with Crippen LogP contribution in [-0.4, -0.2) is 53.9 Å². The Labute approximate surface area is 155 Å². The van der Waals surface area contributed by atoms with Crippen LogP contribution in [0.4, 0.5) is 0 Å². The van der Waals surface area contributed by atoms with Crippen LogP contribution in [0.5, 0.6) is 0 Å². The predicted molar refractivity (Wildman–Crippen MR) is 83.2 cm³/mol. The van der Waals surface area contributed by atoms with Crippen LogP contribution in [0.3, 0.4) is 0 Å². The molecule has 0 aromatic heterocycles. The largest absolute Gasteiger partial charge is 0.895 e. The Hall–Kier alpha value is -2.79. The average Bonchev–Trinajstić information content (AvgIpc) is 2.30. The number of hydrogen-bond donors (Lipinski definition) is 0. The summed E-state index contributed by atoms with van der Waals surface area (Å²) < 4.78 is 33.4. The van der Waals surface area contributed by atoms with Gasteiger partial charge in [0.05, 0.1) is 0 Å². The van der Waals surface area contributed by atoms with Crippen molar-refractivity contribution in [2.75, 3.05) is 0 Å². The zero-order valence-electron chi connectivity index (χ0n) is 15.3. The molecule has 0 aliphatic rings. The second kappa shape index (κ2) is 9.79. The molecule has 15 heteroatoms. The third-order valence-electron chi connectivity index (χ3n) is 1.86. The van der Waals surface area contributed by atoms with Crippen molar-refractivity contribution in [3.05, 3.63) is 0 Å². The van der Waals surface area contributed by atoms with Gasteiger partial charge < -0.3 is 26.6 Å². The molecule has 0 N–H and O–H groups in total. The lowest BCUT2D eigenvalue weighted by molar-refractivity contribution is -0.159. The highest BCUT2D eigenvalue weighted by Crippen LogP contribution is 2.23. The molecule has 0 unspecified atom stereocenters. The van der Waals surface area contributed by atoms with Crippen LogP contribution >= 0.6 is 0 Å². The highest BCUT2D eigenvalue weighted by atomic mass is 28.5. The van der Waals surface area contributed by atoms with Crippen molar-refractivity contribution < 1.29 is 59.4 Å². The molecule has 0 atom stereocenters. The van der Waals surface area contributed by atoms with Gasteiger partial charge in [0.25, 0.3) is 35.8 Å². The summed E-state index contributed by atoms with van der Waals surface area (Å²) in [5.74, 6) is -6.83. The van der Waals surface area contributed by atoms with Gasteiger partial charge in [-0.05, 0) is 0 Å². The van der Waals surface area contributed by atoms with Gasteiger partial charge in [0.15, 0.2) is 0 Å². The molecule has 0 amide bonds. The van der Waals surface area contributed by atoms with Crippen LogP contribution in [-0.2, 0) is 59.4 Å². The van der Waals surface area contributed by atoms with Crippen molar-refractivity contribution in [3.8, 4) is 0 Å². The maximum absolute atomic E-state index is 11.4. The standard InChI is InChI=1S/C12H18O13Si2/c1-7(13)19-26(20-8(2)14,21-9(3)15)25-27(22-10(4)16,23-11(5)17)24-12(6)18/h1-6H3. The molecule has 0 aromatic rings. The lowest BCUT2D eigenvalue weighted by Gasteiger charge is -2.30. The molecule has 27 heavy (non-hydrogen) atoms. The Kier molecular flexibility index (Phi) is 8.78. The molecule has 0 heterocycles. The van der Waals surface area contributed by atoms with Gasteiger partial charge in [-0.1, -0.05) is 0 Å². The Bertz CT molecular complexity index is 508. The van der Waals surface area contributed by atoms with E-state index in [0.29, 0.717) is 0 Å². The molecule has 0 spiro atoms.